The average molecular weight is 403 g/mol. The molecule has 0 radical (unpaired) electrons. The van der Waals surface area contributed by atoms with Crippen LogP contribution in [0, 0.1) is 13.8 Å². The molecule has 1 amide bonds. The van der Waals surface area contributed by atoms with Crippen LogP contribution in [0.3, 0.4) is 0 Å². The van der Waals surface area contributed by atoms with Gasteiger partial charge in [-0.15, -0.1) is 0 Å². The van der Waals surface area contributed by atoms with Gasteiger partial charge in [-0.3, -0.25) is 4.79 Å². The fraction of sp³-hybridized carbons (Fsp3) is 0.381. The molecule has 1 aliphatic rings. The molecule has 1 saturated heterocycles. The lowest BCUT2D eigenvalue weighted by Gasteiger charge is -2.35. The Hall–Kier alpha value is -2.38. The van der Waals surface area contributed by atoms with Gasteiger partial charge in [0.05, 0.1) is 4.90 Å². The molecule has 0 bridgehead atoms. The van der Waals surface area contributed by atoms with Crippen molar-refractivity contribution in [3.63, 3.8) is 0 Å². The van der Waals surface area contributed by atoms with Crippen molar-refractivity contribution in [2.45, 2.75) is 31.8 Å². The molecule has 0 spiro atoms. The number of aryl methyl sites for hydroxylation is 2. The molecule has 0 N–H and O–H groups in total. The molecule has 2 aromatic rings. The van der Waals surface area contributed by atoms with Crippen molar-refractivity contribution < 1.29 is 17.9 Å². The second kappa shape index (κ2) is 8.32. The molecule has 1 aliphatic heterocycles. The summed E-state index contributed by atoms with van der Waals surface area (Å²) in [6.45, 7) is 6.86. The predicted octanol–water partition coefficient (Wildman–Crippen LogP) is 2.60. The highest BCUT2D eigenvalue weighted by Crippen LogP contribution is 2.19. The summed E-state index contributed by atoms with van der Waals surface area (Å²) >= 11 is 0. The molecule has 0 aromatic heterocycles. The first-order valence-corrected chi connectivity index (χ1v) is 10.8. The van der Waals surface area contributed by atoms with Gasteiger partial charge in [0.25, 0.3) is 5.91 Å². The van der Waals surface area contributed by atoms with E-state index in [4.69, 9.17) is 4.74 Å². The minimum atomic E-state index is -3.54. The monoisotopic (exact) mass is 402 g/mol. The molecule has 150 valence electrons. The molecular formula is C21H26N2O4S. The molecule has 6 nitrogen and oxygen atoms in total. The van der Waals surface area contributed by atoms with Gasteiger partial charge in [0.2, 0.25) is 10.0 Å². The summed E-state index contributed by atoms with van der Waals surface area (Å²) in [5, 5.41) is 0. The van der Waals surface area contributed by atoms with E-state index in [1.165, 1.54) is 4.31 Å². The Morgan fingerprint density at radius 1 is 0.964 bits per heavy atom. The Kier molecular flexibility index (Phi) is 6.05. The molecule has 1 atom stereocenters. The van der Waals surface area contributed by atoms with E-state index in [1.54, 1.807) is 36.1 Å². The summed E-state index contributed by atoms with van der Waals surface area (Å²) in [7, 11) is -3.54. The van der Waals surface area contributed by atoms with Crippen molar-refractivity contribution >= 4 is 15.9 Å². The van der Waals surface area contributed by atoms with Crippen LogP contribution in [0.4, 0.5) is 0 Å². The smallest absolute Gasteiger partial charge is 0.263 e. The van der Waals surface area contributed by atoms with E-state index >= 15 is 0 Å². The van der Waals surface area contributed by atoms with Crippen LogP contribution < -0.4 is 4.74 Å². The highest BCUT2D eigenvalue weighted by Gasteiger charge is 2.32. The lowest BCUT2D eigenvalue weighted by Crippen LogP contribution is -2.53. The largest absolute Gasteiger partial charge is 0.481 e. The van der Waals surface area contributed by atoms with E-state index in [-0.39, 0.29) is 23.9 Å². The third-order valence-corrected chi connectivity index (χ3v) is 6.77. The van der Waals surface area contributed by atoms with E-state index in [0.29, 0.717) is 18.8 Å². The Morgan fingerprint density at radius 2 is 1.61 bits per heavy atom. The molecular weight excluding hydrogens is 376 g/mol. The van der Waals surface area contributed by atoms with Gasteiger partial charge in [-0.2, -0.15) is 4.31 Å². The minimum Gasteiger partial charge on any atom is -0.481 e. The number of nitrogens with zero attached hydrogens (tertiary/aromatic N) is 2. The summed E-state index contributed by atoms with van der Waals surface area (Å²) in [5.41, 5.74) is 2.07. The minimum absolute atomic E-state index is 0.131. The normalized spacial score (nSPS) is 16.6. The molecule has 28 heavy (non-hydrogen) atoms. The predicted molar refractivity (Wildman–Crippen MR) is 108 cm³/mol. The zero-order chi connectivity index (χ0) is 20.3. The number of amides is 1. The number of sulfonamides is 1. The average Bonchev–Trinajstić information content (AvgIpc) is 2.68. The van der Waals surface area contributed by atoms with Crippen molar-refractivity contribution in [3.8, 4) is 5.75 Å². The lowest BCUT2D eigenvalue weighted by molar-refractivity contribution is -0.139. The number of hydrogen-bond donors (Lipinski definition) is 0. The van der Waals surface area contributed by atoms with Gasteiger partial charge in [-0.25, -0.2) is 8.42 Å². The van der Waals surface area contributed by atoms with Gasteiger partial charge in [-0.05, 0) is 50.6 Å². The van der Waals surface area contributed by atoms with Crippen molar-refractivity contribution in [2.75, 3.05) is 26.2 Å². The molecule has 0 saturated carbocycles. The van der Waals surface area contributed by atoms with Crippen LogP contribution >= 0.6 is 0 Å². The number of piperazine rings is 1. The first kappa shape index (κ1) is 20.4. The summed E-state index contributed by atoms with van der Waals surface area (Å²) < 4.78 is 32.8. The number of carbonyl (C=O) groups is 1. The summed E-state index contributed by atoms with van der Waals surface area (Å²) in [4.78, 5) is 14.6. The Bertz CT molecular complexity index is 933. The van der Waals surface area contributed by atoms with Gasteiger partial charge in [0, 0.05) is 26.2 Å². The van der Waals surface area contributed by atoms with Gasteiger partial charge < -0.3 is 9.64 Å². The second-order valence-electron chi connectivity index (χ2n) is 7.12. The Balaban J connectivity index is 1.59. The maximum absolute atomic E-state index is 12.8. The summed E-state index contributed by atoms with van der Waals surface area (Å²) in [6.07, 6.45) is -0.623. The van der Waals surface area contributed by atoms with E-state index in [1.807, 2.05) is 38.1 Å². The van der Waals surface area contributed by atoms with E-state index in [9.17, 15) is 13.2 Å². The highest BCUT2D eigenvalue weighted by molar-refractivity contribution is 7.89. The number of ether oxygens (including phenoxy) is 1. The number of rotatable bonds is 5. The first-order valence-electron chi connectivity index (χ1n) is 9.36. The topological polar surface area (TPSA) is 66.9 Å². The molecule has 3 rings (SSSR count). The van der Waals surface area contributed by atoms with Crippen molar-refractivity contribution in [2.24, 2.45) is 0 Å². The third-order valence-electron chi connectivity index (χ3n) is 4.86. The van der Waals surface area contributed by atoms with Crippen molar-refractivity contribution in [3.05, 3.63) is 59.7 Å². The maximum atomic E-state index is 12.8. The third kappa shape index (κ3) is 4.54. The Labute approximate surface area is 166 Å². The lowest BCUT2D eigenvalue weighted by atomic mass is 10.2. The van der Waals surface area contributed by atoms with Crippen LogP contribution in [0.2, 0.25) is 0 Å². The fourth-order valence-corrected chi connectivity index (χ4v) is 4.63. The molecule has 2 aromatic carbocycles. The number of carbonyl (C=O) groups excluding carboxylic acids is 1. The molecule has 1 fully saturated rings. The van der Waals surface area contributed by atoms with Crippen LogP contribution in [0.1, 0.15) is 18.1 Å². The van der Waals surface area contributed by atoms with Crippen LogP contribution in [-0.2, 0) is 14.8 Å². The van der Waals surface area contributed by atoms with Crippen molar-refractivity contribution in [1.29, 1.82) is 0 Å². The van der Waals surface area contributed by atoms with Gasteiger partial charge in [0.15, 0.2) is 6.10 Å². The molecule has 0 aliphatic carbocycles. The second-order valence-corrected chi connectivity index (χ2v) is 9.06. The van der Waals surface area contributed by atoms with E-state index < -0.39 is 16.1 Å². The van der Waals surface area contributed by atoms with E-state index in [2.05, 4.69) is 0 Å². The number of benzene rings is 2. The van der Waals surface area contributed by atoms with Crippen molar-refractivity contribution in [1.82, 2.24) is 9.21 Å². The highest BCUT2D eigenvalue weighted by atomic mass is 32.2. The maximum Gasteiger partial charge on any atom is 0.263 e. The van der Waals surface area contributed by atoms with Crippen LogP contribution in [0.5, 0.6) is 5.75 Å². The van der Waals surface area contributed by atoms with Crippen LogP contribution in [0.15, 0.2) is 53.4 Å². The summed E-state index contributed by atoms with van der Waals surface area (Å²) in [5.74, 6) is 0.523. The zero-order valence-electron chi connectivity index (χ0n) is 16.5. The molecule has 1 heterocycles. The molecule has 7 heteroatoms. The Morgan fingerprint density at radius 3 is 2.21 bits per heavy atom. The number of hydrogen-bond acceptors (Lipinski definition) is 4. The fourth-order valence-electron chi connectivity index (χ4n) is 3.21. The van der Waals surface area contributed by atoms with Crippen LogP contribution in [0.25, 0.3) is 0 Å². The quantitative estimate of drug-likeness (QED) is 0.771. The zero-order valence-corrected chi connectivity index (χ0v) is 17.3. The first-order chi connectivity index (χ1) is 13.3. The van der Waals surface area contributed by atoms with Gasteiger partial charge >= 0.3 is 0 Å². The van der Waals surface area contributed by atoms with Gasteiger partial charge in [-0.1, -0.05) is 29.8 Å². The van der Waals surface area contributed by atoms with E-state index in [0.717, 1.165) is 11.1 Å². The summed E-state index contributed by atoms with van der Waals surface area (Å²) in [6, 6.07) is 14.4. The standard InChI is InChI=1S/C21H26N2O4S/c1-16-7-9-20(10-8-16)28(25,26)23-13-11-22(12-14-23)21(24)18(3)27-19-6-4-5-17(2)15-19/h4-10,15,18H,11-14H2,1-3H3/t18-/m1/s1. The SMILES string of the molecule is Cc1ccc(S(=O)(=O)N2CCN(C(=O)[C@@H](C)Oc3cccc(C)c3)CC2)cc1. The van der Waals surface area contributed by atoms with Crippen LogP contribution in [-0.4, -0.2) is 55.8 Å². The van der Waals surface area contributed by atoms with Gasteiger partial charge in [0.1, 0.15) is 5.75 Å². The molecule has 0 unspecified atom stereocenters.